The first-order valence-corrected chi connectivity index (χ1v) is 15.9. The van der Waals surface area contributed by atoms with Crippen molar-refractivity contribution in [3.8, 4) is 17.3 Å². The third-order valence-corrected chi connectivity index (χ3v) is 9.81. The lowest BCUT2D eigenvalue weighted by atomic mass is 9.95. The van der Waals surface area contributed by atoms with Gasteiger partial charge in [-0.2, -0.15) is 9.97 Å². The number of ether oxygens (including phenoxy) is 1. The number of nitrogens with one attached hydrogen (secondary N) is 1. The number of hydrogen-bond acceptors (Lipinski definition) is 7. The minimum Gasteiger partial charge on any atom is -0.461 e. The Kier molecular flexibility index (Phi) is 7.81. The van der Waals surface area contributed by atoms with Crippen LogP contribution in [0.1, 0.15) is 32.6 Å². The first kappa shape index (κ1) is 29.8. The van der Waals surface area contributed by atoms with Gasteiger partial charge in [0.1, 0.15) is 29.8 Å². The monoisotopic (exact) mass is 632 g/mol. The van der Waals surface area contributed by atoms with E-state index in [2.05, 4.69) is 33.7 Å². The molecule has 0 aliphatic carbocycles. The minimum absolute atomic E-state index is 0.00316. The third kappa shape index (κ3) is 5.48. The Morgan fingerprint density at radius 1 is 1.22 bits per heavy atom. The van der Waals surface area contributed by atoms with E-state index in [1.165, 1.54) is 6.08 Å². The van der Waals surface area contributed by atoms with Crippen LogP contribution in [0, 0.1) is 11.7 Å². The van der Waals surface area contributed by atoms with Crippen LogP contribution in [0.15, 0.2) is 55.3 Å². The molecule has 234 valence electrons. The lowest BCUT2D eigenvalue weighted by Crippen LogP contribution is -2.47. The molecule has 4 atom stereocenters. The summed E-state index contributed by atoms with van der Waals surface area (Å²) in [5.74, 6) is -0.172. The summed E-state index contributed by atoms with van der Waals surface area (Å²) < 4.78 is 37.3. The Morgan fingerprint density at radius 2 is 2.04 bits per heavy atom. The number of hydrogen-bond donors (Lipinski definition) is 1. The molecule has 0 bridgehead atoms. The molecule has 3 fully saturated rings. The summed E-state index contributed by atoms with van der Waals surface area (Å²) in [5, 5.41) is 5.89. The van der Waals surface area contributed by atoms with Gasteiger partial charge in [0, 0.05) is 54.3 Å². The van der Waals surface area contributed by atoms with Crippen molar-refractivity contribution in [2.45, 2.75) is 50.4 Å². The SMILES string of the molecule is C=CC(=O)N1C[C@H](C)C[C@@H](Nc2nc(OC[C@@]34CCCN3C[C@H](F)C4)nc3c(F)c(-c4cccc5cccc(Cl)c45)ncc23)C1. The van der Waals surface area contributed by atoms with E-state index in [0.717, 1.165) is 31.2 Å². The lowest BCUT2D eigenvalue weighted by Gasteiger charge is -2.36. The Balaban J connectivity index is 1.30. The summed E-state index contributed by atoms with van der Waals surface area (Å²) in [7, 11) is 0. The second kappa shape index (κ2) is 11.8. The summed E-state index contributed by atoms with van der Waals surface area (Å²) in [6.07, 6.45) is 4.94. The molecule has 1 amide bonds. The van der Waals surface area contributed by atoms with E-state index in [1.807, 2.05) is 24.3 Å². The Bertz CT molecular complexity index is 1800. The van der Waals surface area contributed by atoms with Gasteiger partial charge in [-0.3, -0.25) is 14.7 Å². The molecule has 0 spiro atoms. The van der Waals surface area contributed by atoms with Crippen LogP contribution < -0.4 is 10.1 Å². The fraction of sp³-hybridized carbons (Fsp3) is 0.412. The molecular weight excluding hydrogens is 598 g/mol. The van der Waals surface area contributed by atoms with Gasteiger partial charge in [0.05, 0.1) is 10.9 Å². The van der Waals surface area contributed by atoms with Crippen LogP contribution in [-0.4, -0.2) is 81.2 Å². The van der Waals surface area contributed by atoms with Crippen LogP contribution in [0.25, 0.3) is 32.9 Å². The van der Waals surface area contributed by atoms with Crippen molar-refractivity contribution in [3.05, 3.63) is 66.1 Å². The van der Waals surface area contributed by atoms with Crippen molar-refractivity contribution in [1.29, 1.82) is 0 Å². The summed E-state index contributed by atoms with van der Waals surface area (Å²) in [5.41, 5.74) is 0.294. The molecule has 3 aliphatic heterocycles. The number of amides is 1. The number of benzene rings is 2. The van der Waals surface area contributed by atoms with E-state index in [4.69, 9.17) is 21.3 Å². The number of likely N-dealkylation sites (tertiary alicyclic amines) is 1. The molecule has 0 saturated carbocycles. The molecule has 7 rings (SSSR count). The first-order chi connectivity index (χ1) is 21.7. The second-order valence-corrected chi connectivity index (χ2v) is 13.1. The molecule has 11 heteroatoms. The van der Waals surface area contributed by atoms with Gasteiger partial charge in [-0.1, -0.05) is 55.4 Å². The highest BCUT2D eigenvalue weighted by Gasteiger charge is 2.49. The molecule has 0 unspecified atom stereocenters. The van der Waals surface area contributed by atoms with Crippen molar-refractivity contribution in [2.75, 3.05) is 38.1 Å². The highest BCUT2D eigenvalue weighted by molar-refractivity contribution is 6.36. The lowest BCUT2D eigenvalue weighted by molar-refractivity contribution is -0.127. The van der Waals surface area contributed by atoms with Gasteiger partial charge < -0.3 is 15.0 Å². The van der Waals surface area contributed by atoms with Crippen molar-refractivity contribution in [3.63, 3.8) is 0 Å². The number of pyridine rings is 1. The number of alkyl halides is 1. The van der Waals surface area contributed by atoms with Gasteiger partial charge >= 0.3 is 6.01 Å². The quantitative estimate of drug-likeness (QED) is 0.235. The predicted octanol–water partition coefficient (Wildman–Crippen LogP) is 6.43. The highest BCUT2D eigenvalue weighted by Crippen LogP contribution is 2.41. The molecule has 3 aliphatic rings. The van der Waals surface area contributed by atoms with E-state index in [0.29, 0.717) is 53.2 Å². The van der Waals surface area contributed by atoms with Crippen molar-refractivity contribution < 1.29 is 18.3 Å². The van der Waals surface area contributed by atoms with Gasteiger partial charge in [0.15, 0.2) is 5.82 Å². The number of rotatable bonds is 7. The Hall–Kier alpha value is -3.89. The number of piperidine rings is 1. The zero-order valence-electron chi connectivity index (χ0n) is 25.1. The Labute approximate surface area is 265 Å². The van der Waals surface area contributed by atoms with E-state index < -0.39 is 17.5 Å². The number of halogens is 3. The summed E-state index contributed by atoms with van der Waals surface area (Å²) >= 11 is 6.58. The van der Waals surface area contributed by atoms with Crippen LogP contribution in [0.3, 0.4) is 0 Å². The van der Waals surface area contributed by atoms with Gasteiger partial charge in [-0.05, 0) is 49.3 Å². The maximum absolute atomic E-state index is 16.6. The Morgan fingerprint density at radius 3 is 2.87 bits per heavy atom. The molecule has 2 aromatic heterocycles. The molecule has 2 aromatic carbocycles. The van der Waals surface area contributed by atoms with Crippen LogP contribution in [-0.2, 0) is 4.79 Å². The largest absolute Gasteiger partial charge is 0.461 e. The van der Waals surface area contributed by atoms with E-state index in [1.54, 1.807) is 23.2 Å². The van der Waals surface area contributed by atoms with Crippen LogP contribution in [0.5, 0.6) is 6.01 Å². The topological polar surface area (TPSA) is 83.5 Å². The molecule has 3 saturated heterocycles. The van der Waals surface area contributed by atoms with Gasteiger partial charge in [0.25, 0.3) is 0 Å². The fourth-order valence-corrected chi connectivity index (χ4v) is 7.78. The predicted molar refractivity (Wildman–Crippen MR) is 172 cm³/mol. The second-order valence-electron chi connectivity index (χ2n) is 12.7. The number of nitrogens with zero attached hydrogens (tertiary/aromatic N) is 5. The minimum atomic E-state index is -0.906. The number of fused-ring (bicyclic) bond motifs is 3. The third-order valence-electron chi connectivity index (χ3n) is 9.49. The molecular formula is C34H35ClF2N6O2. The smallest absolute Gasteiger partial charge is 0.319 e. The average molecular weight is 633 g/mol. The standard InChI is InChI=1S/C34H35ClF2N6O2/c1-3-27(44)42-16-20(2)13-23(18-42)39-32-25-15-38-30(24-9-4-7-21-8-5-10-26(35)28(21)24)29(37)31(25)40-33(41-32)45-19-34-11-6-12-43(34)17-22(36)14-34/h3-5,7-10,15,20,22-23H,1,6,11-14,16-19H2,2H3,(H,39,40,41)/t20-,22-,23-,34+/m1/s1. The molecule has 4 aromatic rings. The zero-order chi connectivity index (χ0) is 31.3. The van der Waals surface area contributed by atoms with Crippen LogP contribution in [0.4, 0.5) is 14.6 Å². The fourth-order valence-electron chi connectivity index (χ4n) is 7.50. The molecule has 45 heavy (non-hydrogen) atoms. The zero-order valence-corrected chi connectivity index (χ0v) is 25.9. The van der Waals surface area contributed by atoms with Crippen molar-refractivity contribution >= 4 is 45.0 Å². The number of aromatic nitrogens is 3. The van der Waals surface area contributed by atoms with Crippen LogP contribution >= 0.6 is 11.6 Å². The number of anilines is 1. The van der Waals surface area contributed by atoms with Gasteiger partial charge in [-0.25, -0.2) is 8.78 Å². The summed E-state index contributed by atoms with van der Waals surface area (Å²) in [6, 6.07) is 10.9. The molecule has 8 nitrogen and oxygen atoms in total. The van der Waals surface area contributed by atoms with Gasteiger partial charge in [0.2, 0.25) is 5.91 Å². The van der Waals surface area contributed by atoms with Crippen LogP contribution in [0.2, 0.25) is 5.02 Å². The summed E-state index contributed by atoms with van der Waals surface area (Å²) in [6.45, 7) is 8.21. The maximum atomic E-state index is 16.6. The van der Waals surface area contributed by atoms with Gasteiger partial charge in [-0.15, -0.1) is 0 Å². The molecule has 0 radical (unpaired) electrons. The van der Waals surface area contributed by atoms with E-state index >= 15 is 4.39 Å². The maximum Gasteiger partial charge on any atom is 0.319 e. The highest BCUT2D eigenvalue weighted by atomic mass is 35.5. The number of carbonyl (C=O) groups is 1. The van der Waals surface area contributed by atoms with Crippen molar-refractivity contribution in [2.24, 2.45) is 5.92 Å². The molecule has 1 N–H and O–H groups in total. The molecule has 5 heterocycles. The normalized spacial score (nSPS) is 25.1. The number of carbonyl (C=O) groups excluding carboxylic acids is 1. The van der Waals surface area contributed by atoms with E-state index in [-0.39, 0.29) is 41.7 Å². The first-order valence-electron chi connectivity index (χ1n) is 15.5. The summed E-state index contributed by atoms with van der Waals surface area (Å²) in [4.78, 5) is 30.2. The average Bonchev–Trinajstić information content (AvgIpc) is 3.55. The van der Waals surface area contributed by atoms with Crippen molar-refractivity contribution in [1.82, 2.24) is 24.8 Å². The van der Waals surface area contributed by atoms with E-state index in [9.17, 15) is 9.18 Å².